The lowest BCUT2D eigenvalue weighted by Crippen LogP contribution is -2.12. The van der Waals surface area contributed by atoms with Crippen molar-refractivity contribution >= 4 is 23.4 Å². The van der Waals surface area contributed by atoms with Gasteiger partial charge in [-0.2, -0.15) is 17.6 Å². The van der Waals surface area contributed by atoms with E-state index in [2.05, 4.69) is 19.7 Å². The van der Waals surface area contributed by atoms with E-state index < -0.39 is 40.9 Å². The molecule has 2 heterocycles. The monoisotopic (exact) mass is 350 g/mol. The average Bonchev–Trinajstić information content (AvgIpc) is 2.48. The Bertz CT molecular complexity index is 782. The Kier molecular flexibility index (Phi) is 4.37. The maximum atomic E-state index is 13.8. The van der Waals surface area contributed by atoms with E-state index in [0.29, 0.717) is 6.07 Å². The summed E-state index contributed by atoms with van der Waals surface area (Å²) in [5.74, 6) is -3.26. The van der Waals surface area contributed by atoms with Crippen molar-refractivity contribution in [1.82, 2.24) is 15.0 Å². The second-order valence-corrected chi connectivity index (χ2v) is 4.50. The zero-order valence-electron chi connectivity index (χ0n) is 11.3. The molecule has 0 saturated heterocycles. The molecule has 6 nitrogen and oxygen atoms in total. The summed E-state index contributed by atoms with van der Waals surface area (Å²) in [6.45, 7) is 0. The molecule has 0 spiro atoms. The van der Waals surface area contributed by atoms with Gasteiger partial charge in [0.2, 0.25) is 5.95 Å². The third kappa shape index (κ3) is 3.31. The third-order valence-electron chi connectivity index (χ3n) is 2.64. The maximum Gasteiger partial charge on any atom is 0.433 e. The summed E-state index contributed by atoms with van der Waals surface area (Å²) in [5.41, 5.74) is 3.14. The molecule has 0 amide bonds. The molecular weight excluding hydrogens is 344 g/mol. The van der Waals surface area contributed by atoms with Crippen LogP contribution in [0.5, 0.6) is 0 Å². The van der Waals surface area contributed by atoms with Crippen LogP contribution < -0.4 is 5.73 Å². The maximum absolute atomic E-state index is 13.8. The molecule has 0 bridgehead atoms. The van der Waals surface area contributed by atoms with Crippen LogP contribution in [-0.4, -0.2) is 28.0 Å². The Morgan fingerprint density at radius 1 is 1.26 bits per heavy atom. The van der Waals surface area contributed by atoms with Crippen LogP contribution in [0.4, 0.5) is 23.4 Å². The van der Waals surface area contributed by atoms with Gasteiger partial charge in [-0.15, -0.1) is 0 Å². The molecule has 0 aliphatic carbocycles. The zero-order valence-corrected chi connectivity index (χ0v) is 12.0. The number of aromatic nitrogens is 3. The van der Waals surface area contributed by atoms with Gasteiger partial charge >= 0.3 is 12.1 Å². The van der Waals surface area contributed by atoms with Crippen LogP contribution in [0.3, 0.4) is 0 Å². The minimum absolute atomic E-state index is 0.319. The first-order chi connectivity index (χ1) is 10.6. The molecule has 0 radical (unpaired) electrons. The fraction of sp³-hybridized carbons (Fsp3) is 0.167. The van der Waals surface area contributed by atoms with Crippen molar-refractivity contribution < 1.29 is 27.1 Å². The van der Waals surface area contributed by atoms with Gasteiger partial charge in [-0.05, 0) is 12.1 Å². The highest BCUT2D eigenvalue weighted by Crippen LogP contribution is 2.31. The van der Waals surface area contributed by atoms with Crippen molar-refractivity contribution in [3.63, 3.8) is 0 Å². The van der Waals surface area contributed by atoms with E-state index in [1.807, 2.05) is 0 Å². The first-order valence-electron chi connectivity index (χ1n) is 5.80. The number of esters is 1. The van der Waals surface area contributed by atoms with E-state index in [-0.39, 0.29) is 10.8 Å². The van der Waals surface area contributed by atoms with Gasteiger partial charge < -0.3 is 10.5 Å². The van der Waals surface area contributed by atoms with E-state index in [4.69, 9.17) is 17.3 Å². The summed E-state index contributed by atoms with van der Waals surface area (Å²) < 4.78 is 55.7. The fourth-order valence-corrected chi connectivity index (χ4v) is 1.74. The van der Waals surface area contributed by atoms with E-state index in [0.717, 1.165) is 13.2 Å². The normalized spacial score (nSPS) is 11.4. The number of anilines is 1. The molecular formula is C12H7ClF4N4O2. The van der Waals surface area contributed by atoms with Crippen molar-refractivity contribution in [1.29, 1.82) is 0 Å². The van der Waals surface area contributed by atoms with Crippen molar-refractivity contribution in [3.8, 4) is 11.4 Å². The highest BCUT2D eigenvalue weighted by Gasteiger charge is 2.33. The predicted octanol–water partition coefficient (Wildman–Crippen LogP) is 2.72. The largest absolute Gasteiger partial charge is 0.464 e. The Labute approximate surface area is 131 Å². The summed E-state index contributed by atoms with van der Waals surface area (Å²) in [7, 11) is 1.05. The number of nitrogen functional groups attached to an aromatic ring is 1. The van der Waals surface area contributed by atoms with Crippen LogP contribution in [0.2, 0.25) is 5.02 Å². The van der Waals surface area contributed by atoms with Crippen molar-refractivity contribution in [2.75, 3.05) is 12.8 Å². The zero-order chi connectivity index (χ0) is 17.4. The summed E-state index contributed by atoms with van der Waals surface area (Å²) in [4.78, 5) is 21.6. The molecule has 0 aliphatic rings. The number of carbonyl (C=O) groups is 1. The molecule has 0 atom stereocenters. The van der Waals surface area contributed by atoms with E-state index in [9.17, 15) is 22.4 Å². The lowest BCUT2D eigenvalue weighted by atomic mass is 10.2. The van der Waals surface area contributed by atoms with Crippen molar-refractivity contribution in [3.05, 3.63) is 34.5 Å². The molecule has 23 heavy (non-hydrogen) atoms. The van der Waals surface area contributed by atoms with E-state index in [1.165, 1.54) is 0 Å². The summed E-state index contributed by atoms with van der Waals surface area (Å²) in [6.07, 6.45) is -4.81. The minimum atomic E-state index is -4.81. The average molecular weight is 351 g/mol. The second-order valence-electron chi connectivity index (χ2n) is 4.12. The summed E-state index contributed by atoms with van der Waals surface area (Å²) >= 11 is 5.74. The molecule has 0 fully saturated rings. The van der Waals surface area contributed by atoms with Gasteiger partial charge in [0.25, 0.3) is 0 Å². The molecule has 2 aromatic heterocycles. The molecule has 2 rings (SSSR count). The van der Waals surface area contributed by atoms with Crippen molar-refractivity contribution in [2.24, 2.45) is 0 Å². The third-order valence-corrected chi connectivity index (χ3v) is 3.01. The standard InChI is InChI=1S/C12H7ClF4N4O2/c1-23-11(22)7-6(13)9(18)21-10(20-7)4-2-3-5(12(15,16)17)19-8(4)14/h2-3H,1H3,(H2,18,20,21). The number of carbonyl (C=O) groups excluding carboxylic acids is 1. The molecule has 122 valence electrons. The quantitative estimate of drug-likeness (QED) is 0.509. The smallest absolute Gasteiger partial charge is 0.433 e. The van der Waals surface area contributed by atoms with Gasteiger partial charge in [-0.25, -0.2) is 19.7 Å². The number of nitrogens with zero attached hydrogens (tertiary/aromatic N) is 3. The lowest BCUT2D eigenvalue weighted by molar-refractivity contribution is -0.141. The Hall–Kier alpha value is -2.49. The topological polar surface area (TPSA) is 91.0 Å². The molecule has 0 unspecified atom stereocenters. The Morgan fingerprint density at radius 3 is 2.43 bits per heavy atom. The van der Waals surface area contributed by atoms with Crippen LogP contribution in [0.1, 0.15) is 16.2 Å². The van der Waals surface area contributed by atoms with Gasteiger partial charge in [0.15, 0.2) is 11.5 Å². The molecule has 2 aromatic rings. The SMILES string of the molecule is COC(=O)c1nc(-c2ccc(C(F)(F)F)nc2F)nc(N)c1Cl. The number of ether oxygens (including phenoxy) is 1. The molecule has 0 aliphatic heterocycles. The molecule has 11 heteroatoms. The Morgan fingerprint density at radius 2 is 1.91 bits per heavy atom. The number of halogens is 5. The van der Waals surface area contributed by atoms with Crippen LogP contribution in [-0.2, 0) is 10.9 Å². The number of methoxy groups -OCH3 is 1. The van der Waals surface area contributed by atoms with Gasteiger partial charge in [-0.3, -0.25) is 0 Å². The number of alkyl halides is 3. The van der Waals surface area contributed by atoms with Crippen LogP contribution in [0.15, 0.2) is 12.1 Å². The van der Waals surface area contributed by atoms with Crippen LogP contribution >= 0.6 is 11.6 Å². The first kappa shape index (κ1) is 16.9. The summed E-state index contributed by atoms with van der Waals surface area (Å²) in [6, 6.07) is 1.32. The highest BCUT2D eigenvalue weighted by molar-refractivity contribution is 6.35. The van der Waals surface area contributed by atoms with Gasteiger partial charge in [-0.1, -0.05) is 11.6 Å². The van der Waals surface area contributed by atoms with E-state index in [1.54, 1.807) is 0 Å². The van der Waals surface area contributed by atoms with Gasteiger partial charge in [0.1, 0.15) is 16.5 Å². The van der Waals surface area contributed by atoms with Crippen LogP contribution in [0, 0.1) is 5.95 Å². The number of nitrogens with two attached hydrogens (primary N) is 1. The second kappa shape index (κ2) is 5.95. The first-order valence-corrected chi connectivity index (χ1v) is 6.18. The number of pyridine rings is 1. The number of hydrogen-bond acceptors (Lipinski definition) is 6. The summed E-state index contributed by atoms with van der Waals surface area (Å²) in [5, 5.41) is -0.319. The highest BCUT2D eigenvalue weighted by atomic mass is 35.5. The fourth-order valence-electron chi connectivity index (χ4n) is 1.58. The molecule has 2 N–H and O–H groups in total. The van der Waals surface area contributed by atoms with Crippen molar-refractivity contribution in [2.45, 2.75) is 6.18 Å². The molecule has 0 saturated carbocycles. The molecule has 0 aromatic carbocycles. The number of rotatable bonds is 2. The van der Waals surface area contributed by atoms with Crippen LogP contribution in [0.25, 0.3) is 11.4 Å². The van der Waals surface area contributed by atoms with Gasteiger partial charge in [0, 0.05) is 0 Å². The minimum Gasteiger partial charge on any atom is -0.464 e. The Balaban J connectivity index is 2.59. The lowest BCUT2D eigenvalue weighted by Gasteiger charge is -2.09. The van der Waals surface area contributed by atoms with Gasteiger partial charge in [0.05, 0.1) is 12.7 Å². The number of hydrogen-bond donors (Lipinski definition) is 1. The predicted molar refractivity (Wildman–Crippen MR) is 71.0 cm³/mol. The van der Waals surface area contributed by atoms with E-state index >= 15 is 0 Å².